The van der Waals surface area contributed by atoms with E-state index in [9.17, 15) is 0 Å². The summed E-state index contributed by atoms with van der Waals surface area (Å²) in [6.07, 6.45) is 0. The summed E-state index contributed by atoms with van der Waals surface area (Å²) in [7, 11) is 0. The summed E-state index contributed by atoms with van der Waals surface area (Å²) in [6, 6.07) is 42.2. The molecule has 35 heavy (non-hydrogen) atoms. The maximum atomic E-state index is 2.45. The van der Waals surface area contributed by atoms with Crippen molar-refractivity contribution in [2.45, 2.75) is 6.92 Å². The van der Waals surface area contributed by atoms with Crippen LogP contribution in [0.3, 0.4) is 0 Å². The van der Waals surface area contributed by atoms with Gasteiger partial charge in [-0.25, -0.2) is 0 Å². The maximum absolute atomic E-state index is 2.45. The van der Waals surface area contributed by atoms with Crippen molar-refractivity contribution in [3.63, 3.8) is 0 Å². The minimum absolute atomic E-state index is 1.20. The molecule has 0 bridgehead atoms. The Morgan fingerprint density at radius 3 is 1.86 bits per heavy atom. The minimum atomic E-state index is 1.20. The van der Waals surface area contributed by atoms with Gasteiger partial charge in [-0.3, -0.25) is 0 Å². The fraction of sp³-hybridized carbons (Fsp3) is 0.0303. The SMILES string of the molecule is Cc1cccc(-n2c3ccccc3c3cc4cc5c6ccccc6c6ccccc6n5c4cc32)c1. The van der Waals surface area contributed by atoms with Crippen LogP contribution in [0.15, 0.2) is 115 Å². The van der Waals surface area contributed by atoms with E-state index in [0.29, 0.717) is 0 Å². The highest BCUT2D eigenvalue weighted by Gasteiger charge is 2.17. The number of aryl methyl sites for hydroxylation is 1. The number of fused-ring (bicyclic) bond motifs is 11. The van der Waals surface area contributed by atoms with Crippen LogP contribution in [0.5, 0.6) is 0 Å². The van der Waals surface area contributed by atoms with Crippen molar-refractivity contribution in [1.29, 1.82) is 0 Å². The van der Waals surface area contributed by atoms with Crippen LogP contribution in [0.1, 0.15) is 5.56 Å². The van der Waals surface area contributed by atoms with Gasteiger partial charge in [0.15, 0.2) is 0 Å². The molecule has 0 unspecified atom stereocenters. The van der Waals surface area contributed by atoms with Crippen LogP contribution in [0.4, 0.5) is 0 Å². The lowest BCUT2D eigenvalue weighted by Crippen LogP contribution is -1.95. The van der Waals surface area contributed by atoms with Crippen LogP contribution in [0.25, 0.3) is 65.6 Å². The number of rotatable bonds is 1. The van der Waals surface area contributed by atoms with Crippen molar-refractivity contribution in [2.24, 2.45) is 0 Å². The Morgan fingerprint density at radius 1 is 0.429 bits per heavy atom. The van der Waals surface area contributed by atoms with E-state index in [1.54, 1.807) is 0 Å². The van der Waals surface area contributed by atoms with E-state index in [2.05, 4.69) is 131 Å². The second-order valence-corrected chi connectivity index (χ2v) is 9.55. The van der Waals surface area contributed by atoms with Gasteiger partial charge in [-0.15, -0.1) is 0 Å². The van der Waals surface area contributed by atoms with Crippen LogP contribution in [-0.2, 0) is 0 Å². The van der Waals surface area contributed by atoms with Crippen molar-refractivity contribution in [2.75, 3.05) is 0 Å². The van der Waals surface area contributed by atoms with Gasteiger partial charge in [0.05, 0.1) is 27.6 Å². The van der Waals surface area contributed by atoms with Gasteiger partial charge in [0.25, 0.3) is 0 Å². The van der Waals surface area contributed by atoms with Crippen molar-refractivity contribution >= 4 is 59.9 Å². The summed E-state index contributed by atoms with van der Waals surface area (Å²) in [5, 5.41) is 7.73. The third kappa shape index (κ3) is 2.49. The Labute approximate surface area is 202 Å². The molecule has 0 aliphatic carbocycles. The van der Waals surface area contributed by atoms with E-state index in [4.69, 9.17) is 0 Å². The lowest BCUT2D eigenvalue weighted by Gasteiger charge is -2.11. The first-order chi connectivity index (χ1) is 17.3. The summed E-state index contributed by atoms with van der Waals surface area (Å²) in [4.78, 5) is 0. The smallest absolute Gasteiger partial charge is 0.0562 e. The molecule has 0 saturated carbocycles. The Morgan fingerprint density at radius 2 is 1.09 bits per heavy atom. The van der Waals surface area contributed by atoms with E-state index in [1.807, 2.05) is 0 Å². The van der Waals surface area contributed by atoms with Gasteiger partial charge in [-0.1, -0.05) is 72.8 Å². The second kappa shape index (κ2) is 6.74. The molecule has 2 nitrogen and oxygen atoms in total. The van der Waals surface area contributed by atoms with Crippen molar-refractivity contribution < 1.29 is 0 Å². The van der Waals surface area contributed by atoms with Gasteiger partial charge in [0.2, 0.25) is 0 Å². The molecule has 0 aliphatic heterocycles. The second-order valence-electron chi connectivity index (χ2n) is 9.55. The summed E-state index contributed by atoms with van der Waals surface area (Å²) < 4.78 is 4.87. The van der Waals surface area contributed by atoms with Crippen LogP contribution < -0.4 is 0 Å². The number of benzene rings is 5. The topological polar surface area (TPSA) is 9.34 Å². The number of para-hydroxylation sites is 2. The number of hydrogen-bond acceptors (Lipinski definition) is 0. The molecular weight excluding hydrogens is 424 g/mol. The monoisotopic (exact) mass is 446 g/mol. The zero-order chi connectivity index (χ0) is 23.1. The summed E-state index contributed by atoms with van der Waals surface area (Å²) in [6.45, 7) is 2.16. The minimum Gasteiger partial charge on any atom is -0.309 e. The van der Waals surface area contributed by atoms with Gasteiger partial charge in [-0.05, 0) is 60.3 Å². The molecule has 8 aromatic rings. The van der Waals surface area contributed by atoms with Gasteiger partial charge < -0.3 is 8.97 Å². The number of nitrogens with zero attached hydrogens (tertiary/aromatic N) is 2. The van der Waals surface area contributed by atoms with Crippen molar-refractivity contribution in [3.8, 4) is 5.69 Å². The molecule has 0 amide bonds. The molecule has 0 atom stereocenters. The maximum Gasteiger partial charge on any atom is 0.0562 e. The molecule has 0 spiro atoms. The summed E-state index contributed by atoms with van der Waals surface area (Å²) in [5.41, 5.74) is 8.69. The summed E-state index contributed by atoms with van der Waals surface area (Å²) >= 11 is 0. The Kier molecular flexibility index (Phi) is 3.62. The van der Waals surface area contributed by atoms with E-state index in [-0.39, 0.29) is 0 Å². The van der Waals surface area contributed by atoms with Crippen LogP contribution in [0, 0.1) is 6.92 Å². The Hall–Kier alpha value is -4.56. The lowest BCUT2D eigenvalue weighted by atomic mass is 10.1. The molecule has 0 fully saturated rings. The van der Waals surface area contributed by atoms with E-state index in [1.165, 1.54) is 71.2 Å². The molecule has 3 heterocycles. The molecular formula is C33H22N2. The predicted molar refractivity (Wildman–Crippen MR) is 149 cm³/mol. The molecule has 8 rings (SSSR count). The first-order valence-corrected chi connectivity index (χ1v) is 12.1. The van der Waals surface area contributed by atoms with Gasteiger partial charge in [0.1, 0.15) is 0 Å². The van der Waals surface area contributed by atoms with Crippen molar-refractivity contribution in [1.82, 2.24) is 8.97 Å². The Balaban J connectivity index is 1.62. The highest BCUT2D eigenvalue weighted by atomic mass is 15.0. The highest BCUT2D eigenvalue weighted by molar-refractivity contribution is 6.18. The van der Waals surface area contributed by atoms with Crippen molar-refractivity contribution in [3.05, 3.63) is 121 Å². The zero-order valence-corrected chi connectivity index (χ0v) is 19.4. The molecule has 0 aliphatic rings. The molecule has 2 heteroatoms. The van der Waals surface area contributed by atoms with Crippen LogP contribution >= 0.6 is 0 Å². The Bertz CT molecular complexity index is 2120. The largest absolute Gasteiger partial charge is 0.309 e. The quantitative estimate of drug-likeness (QED) is 0.223. The van der Waals surface area contributed by atoms with E-state index < -0.39 is 0 Å². The predicted octanol–water partition coefficient (Wildman–Crippen LogP) is 8.80. The normalized spacial score (nSPS) is 12.1. The first kappa shape index (κ1) is 18.8. The molecule has 164 valence electrons. The average molecular weight is 447 g/mol. The van der Waals surface area contributed by atoms with Gasteiger partial charge in [0, 0.05) is 32.6 Å². The zero-order valence-electron chi connectivity index (χ0n) is 19.4. The molecule has 0 radical (unpaired) electrons. The molecule has 0 saturated heterocycles. The number of hydrogen-bond donors (Lipinski definition) is 0. The van der Waals surface area contributed by atoms with Crippen LogP contribution in [-0.4, -0.2) is 8.97 Å². The molecule has 0 N–H and O–H groups in total. The molecule has 5 aromatic carbocycles. The standard InChI is InChI=1S/C33H22N2/c1-21-9-8-10-23(17-21)34-29-15-6-5-14-27(29)28-18-22-19-32-26-13-3-2-11-24(26)25-12-4-7-16-30(25)35(32)31(22)20-33(28)34/h2-20H,1H3. The first-order valence-electron chi connectivity index (χ1n) is 12.1. The van der Waals surface area contributed by atoms with Crippen LogP contribution in [0.2, 0.25) is 0 Å². The van der Waals surface area contributed by atoms with Gasteiger partial charge >= 0.3 is 0 Å². The fourth-order valence-electron chi connectivity index (χ4n) is 6.01. The van der Waals surface area contributed by atoms with E-state index in [0.717, 1.165) is 0 Å². The summed E-state index contributed by atoms with van der Waals surface area (Å²) in [5.74, 6) is 0. The van der Waals surface area contributed by atoms with Gasteiger partial charge in [-0.2, -0.15) is 0 Å². The highest BCUT2D eigenvalue weighted by Crippen LogP contribution is 2.39. The average Bonchev–Trinajstić information content (AvgIpc) is 3.43. The lowest BCUT2D eigenvalue weighted by molar-refractivity contribution is 1.17. The number of aromatic nitrogens is 2. The fourth-order valence-corrected chi connectivity index (χ4v) is 6.01. The van der Waals surface area contributed by atoms with E-state index >= 15 is 0 Å². The third-order valence-electron chi connectivity index (χ3n) is 7.49. The number of pyridine rings is 1. The third-order valence-corrected chi connectivity index (χ3v) is 7.49. The molecule has 3 aromatic heterocycles.